The van der Waals surface area contributed by atoms with E-state index < -0.39 is 5.97 Å². The first-order chi connectivity index (χ1) is 8.03. The van der Waals surface area contributed by atoms with E-state index in [1.807, 2.05) is 44.3 Å². The maximum Gasteiger partial charge on any atom is 0.307 e. The molecule has 0 bridgehead atoms. The summed E-state index contributed by atoms with van der Waals surface area (Å²) >= 11 is 0. The molecule has 1 aromatic carbocycles. The predicted molar refractivity (Wildman–Crippen MR) is 65.9 cm³/mol. The third kappa shape index (κ3) is 1.32. The fraction of sp³-hybridized carbons (Fsp3) is 0.357. The van der Waals surface area contributed by atoms with Crippen molar-refractivity contribution in [1.82, 2.24) is 4.98 Å². The van der Waals surface area contributed by atoms with Crippen molar-refractivity contribution < 1.29 is 9.90 Å². The van der Waals surface area contributed by atoms with Crippen LogP contribution in [0.4, 0.5) is 0 Å². The molecule has 3 heteroatoms. The Bertz CT molecular complexity index is 597. The van der Waals surface area contributed by atoms with Crippen molar-refractivity contribution in [3.63, 3.8) is 0 Å². The summed E-state index contributed by atoms with van der Waals surface area (Å²) in [6.07, 6.45) is 1.90. The number of carbonyl (C=O) groups is 1. The van der Waals surface area contributed by atoms with Gasteiger partial charge in [-0.25, -0.2) is 0 Å². The van der Waals surface area contributed by atoms with Gasteiger partial charge in [0, 0.05) is 17.6 Å². The number of nitrogens with one attached hydrogen (secondary N) is 1. The number of carboxylic acids is 1. The zero-order valence-corrected chi connectivity index (χ0v) is 9.90. The molecule has 0 spiro atoms. The summed E-state index contributed by atoms with van der Waals surface area (Å²) in [5.74, 6) is -0.845. The molecule has 1 saturated carbocycles. The van der Waals surface area contributed by atoms with Gasteiger partial charge in [0.1, 0.15) is 0 Å². The van der Waals surface area contributed by atoms with Crippen LogP contribution >= 0.6 is 0 Å². The van der Waals surface area contributed by atoms with Gasteiger partial charge in [-0.2, -0.15) is 0 Å². The summed E-state index contributed by atoms with van der Waals surface area (Å²) in [5, 5.41) is 10.4. The van der Waals surface area contributed by atoms with Crippen LogP contribution in [0.25, 0.3) is 10.9 Å². The number of aromatic nitrogens is 1. The molecule has 3 rings (SSSR count). The molecular formula is C14H15NO2. The smallest absolute Gasteiger partial charge is 0.307 e. The highest BCUT2D eigenvalue weighted by Crippen LogP contribution is 2.65. The number of aromatic amines is 1. The van der Waals surface area contributed by atoms with E-state index in [2.05, 4.69) is 4.98 Å². The van der Waals surface area contributed by atoms with Crippen molar-refractivity contribution in [2.45, 2.75) is 19.8 Å². The minimum Gasteiger partial charge on any atom is -0.481 e. The molecule has 2 N–H and O–H groups in total. The predicted octanol–water partition coefficient (Wildman–Crippen LogP) is 2.99. The molecule has 2 aromatic rings. The fourth-order valence-corrected chi connectivity index (χ4v) is 3.05. The van der Waals surface area contributed by atoms with E-state index >= 15 is 0 Å². The molecule has 0 aliphatic heterocycles. The van der Waals surface area contributed by atoms with E-state index in [0.717, 1.165) is 16.5 Å². The molecule has 1 heterocycles. The van der Waals surface area contributed by atoms with E-state index in [0.29, 0.717) is 0 Å². The average molecular weight is 229 g/mol. The van der Waals surface area contributed by atoms with Crippen molar-refractivity contribution in [1.29, 1.82) is 0 Å². The Morgan fingerprint density at radius 2 is 2.12 bits per heavy atom. The summed E-state index contributed by atoms with van der Waals surface area (Å²) in [5.41, 5.74) is 2.06. The van der Waals surface area contributed by atoms with Crippen LogP contribution in [-0.2, 0) is 4.79 Å². The van der Waals surface area contributed by atoms with Gasteiger partial charge >= 0.3 is 5.97 Å². The van der Waals surface area contributed by atoms with Crippen LogP contribution in [-0.4, -0.2) is 16.1 Å². The fourth-order valence-electron chi connectivity index (χ4n) is 3.05. The number of hydrogen-bond acceptors (Lipinski definition) is 1. The third-order valence-electron chi connectivity index (χ3n) is 4.05. The maximum atomic E-state index is 11.2. The molecule has 0 radical (unpaired) electrons. The maximum absolute atomic E-state index is 11.2. The van der Waals surface area contributed by atoms with Crippen molar-refractivity contribution in [2.75, 3.05) is 0 Å². The third-order valence-corrected chi connectivity index (χ3v) is 4.05. The van der Waals surface area contributed by atoms with E-state index in [1.165, 1.54) is 0 Å². The summed E-state index contributed by atoms with van der Waals surface area (Å²) in [6.45, 7) is 4.05. The van der Waals surface area contributed by atoms with Crippen LogP contribution in [0.3, 0.4) is 0 Å². The second-order valence-electron chi connectivity index (χ2n) is 5.40. The van der Waals surface area contributed by atoms with Crippen LogP contribution in [0, 0.1) is 11.3 Å². The van der Waals surface area contributed by atoms with Gasteiger partial charge in [0.2, 0.25) is 0 Å². The van der Waals surface area contributed by atoms with Gasteiger partial charge in [0.05, 0.1) is 5.92 Å². The first-order valence-electron chi connectivity index (χ1n) is 5.82. The SMILES string of the molecule is CC1(C)C(C(=O)O)C1c1cccc2cc[nH]c12. The van der Waals surface area contributed by atoms with E-state index in [9.17, 15) is 9.90 Å². The Morgan fingerprint density at radius 1 is 1.35 bits per heavy atom. The number of H-pyrrole nitrogens is 1. The minimum absolute atomic E-state index is 0.113. The van der Waals surface area contributed by atoms with Crippen molar-refractivity contribution in [2.24, 2.45) is 11.3 Å². The summed E-state index contributed by atoms with van der Waals surface area (Å²) in [6, 6.07) is 8.09. The number of hydrogen-bond donors (Lipinski definition) is 2. The minimum atomic E-state index is -0.691. The molecular weight excluding hydrogens is 214 g/mol. The Balaban J connectivity index is 2.12. The molecule has 17 heavy (non-hydrogen) atoms. The summed E-state index contributed by atoms with van der Waals surface area (Å²) in [7, 11) is 0. The first-order valence-corrected chi connectivity index (χ1v) is 5.82. The number of aliphatic carboxylic acids is 1. The number of carboxylic acid groups (broad SMARTS) is 1. The Morgan fingerprint density at radius 3 is 2.76 bits per heavy atom. The van der Waals surface area contributed by atoms with Gasteiger partial charge in [-0.15, -0.1) is 0 Å². The summed E-state index contributed by atoms with van der Waals surface area (Å²) < 4.78 is 0. The van der Waals surface area contributed by atoms with Crippen LogP contribution in [0.5, 0.6) is 0 Å². The first kappa shape index (κ1) is 10.4. The lowest BCUT2D eigenvalue weighted by Gasteiger charge is -2.04. The molecule has 2 unspecified atom stereocenters. The monoisotopic (exact) mass is 229 g/mol. The number of para-hydroxylation sites is 1. The Kier molecular flexibility index (Phi) is 1.91. The quantitative estimate of drug-likeness (QED) is 0.831. The van der Waals surface area contributed by atoms with E-state index in [4.69, 9.17) is 0 Å². The van der Waals surface area contributed by atoms with Crippen LogP contribution in [0.1, 0.15) is 25.3 Å². The molecule has 0 amide bonds. The second-order valence-corrected chi connectivity index (χ2v) is 5.40. The summed E-state index contributed by atoms with van der Waals surface area (Å²) in [4.78, 5) is 14.4. The van der Waals surface area contributed by atoms with Crippen molar-refractivity contribution in [3.05, 3.63) is 36.0 Å². The van der Waals surface area contributed by atoms with Gasteiger partial charge in [0.15, 0.2) is 0 Å². The molecule has 1 aliphatic rings. The highest BCUT2D eigenvalue weighted by atomic mass is 16.4. The number of fused-ring (bicyclic) bond motifs is 1. The Labute approximate surface area is 99.5 Å². The van der Waals surface area contributed by atoms with Gasteiger partial charge in [0.25, 0.3) is 0 Å². The molecule has 3 nitrogen and oxygen atoms in total. The highest BCUT2D eigenvalue weighted by Gasteiger charge is 2.63. The molecule has 2 atom stereocenters. The lowest BCUT2D eigenvalue weighted by atomic mass is 10.0. The highest BCUT2D eigenvalue weighted by molar-refractivity contribution is 5.86. The normalized spacial score (nSPS) is 26.0. The second kappa shape index (κ2) is 3.13. The zero-order chi connectivity index (χ0) is 12.2. The number of rotatable bonds is 2. The van der Waals surface area contributed by atoms with Gasteiger partial charge in [-0.3, -0.25) is 4.79 Å². The standard InChI is InChI=1S/C14H15NO2/c1-14(2)10(11(14)13(16)17)9-5-3-4-8-6-7-15-12(8)9/h3-7,10-11,15H,1-2H3,(H,16,17). The van der Waals surface area contributed by atoms with Crippen LogP contribution < -0.4 is 0 Å². The van der Waals surface area contributed by atoms with Crippen molar-refractivity contribution >= 4 is 16.9 Å². The topological polar surface area (TPSA) is 53.1 Å². The van der Waals surface area contributed by atoms with Gasteiger partial charge < -0.3 is 10.1 Å². The molecule has 1 aromatic heterocycles. The molecule has 1 aliphatic carbocycles. The van der Waals surface area contributed by atoms with Gasteiger partial charge in [-0.05, 0) is 22.4 Å². The molecule has 1 fully saturated rings. The molecule has 0 saturated heterocycles. The zero-order valence-electron chi connectivity index (χ0n) is 9.90. The van der Waals surface area contributed by atoms with Gasteiger partial charge in [-0.1, -0.05) is 32.0 Å². The average Bonchev–Trinajstić information content (AvgIpc) is 2.65. The lowest BCUT2D eigenvalue weighted by molar-refractivity contribution is -0.139. The van der Waals surface area contributed by atoms with Crippen molar-refractivity contribution in [3.8, 4) is 0 Å². The number of benzene rings is 1. The van der Waals surface area contributed by atoms with E-state index in [-0.39, 0.29) is 17.3 Å². The molecule has 88 valence electrons. The largest absolute Gasteiger partial charge is 0.481 e. The Hall–Kier alpha value is -1.77. The van der Waals surface area contributed by atoms with Crippen LogP contribution in [0.2, 0.25) is 0 Å². The van der Waals surface area contributed by atoms with E-state index in [1.54, 1.807) is 0 Å². The van der Waals surface area contributed by atoms with Crippen LogP contribution in [0.15, 0.2) is 30.5 Å². The lowest BCUT2D eigenvalue weighted by Crippen LogP contribution is -2.03.